The molecule has 0 unspecified atom stereocenters. The van der Waals surface area contributed by atoms with Gasteiger partial charge in [-0.1, -0.05) is 12.2 Å². The summed E-state index contributed by atoms with van der Waals surface area (Å²) in [6, 6.07) is 0. The third kappa shape index (κ3) is 4.20. The van der Waals surface area contributed by atoms with Crippen LogP contribution in [0.3, 0.4) is 0 Å². The predicted molar refractivity (Wildman–Crippen MR) is 52.8 cm³/mol. The van der Waals surface area contributed by atoms with Crippen molar-refractivity contribution in [3.63, 3.8) is 0 Å². The number of carbonyl (C=O) groups excluding carboxylic acids is 1. The molecule has 0 aliphatic heterocycles. The fourth-order valence-corrected chi connectivity index (χ4v) is 0.826. The molecule has 0 heterocycles. The molecule has 0 aliphatic carbocycles. The van der Waals surface area contributed by atoms with Crippen LogP contribution < -0.4 is 0 Å². The van der Waals surface area contributed by atoms with Gasteiger partial charge in [0.15, 0.2) is 6.10 Å². The van der Waals surface area contributed by atoms with Crippen molar-refractivity contribution in [3.8, 4) is 0 Å². The van der Waals surface area contributed by atoms with Gasteiger partial charge in [0.05, 0.1) is 13.2 Å². The van der Waals surface area contributed by atoms with Crippen molar-refractivity contribution in [1.29, 1.82) is 0 Å². The molecule has 0 aromatic heterocycles. The number of aliphatic hydroxyl groups is 1. The second-order valence-corrected chi connectivity index (χ2v) is 2.52. The topological polar surface area (TPSA) is 55.8 Å². The van der Waals surface area contributed by atoms with Crippen molar-refractivity contribution >= 4 is 5.97 Å². The molecular weight excluding hydrogens is 184 g/mol. The number of hydrogen-bond donors (Lipinski definition) is 1. The lowest BCUT2D eigenvalue weighted by Crippen LogP contribution is -2.36. The third-order valence-corrected chi connectivity index (χ3v) is 1.46. The molecule has 0 saturated carbocycles. The van der Waals surface area contributed by atoms with Crippen molar-refractivity contribution in [2.45, 2.75) is 19.1 Å². The van der Waals surface area contributed by atoms with Crippen molar-refractivity contribution in [2.75, 3.05) is 13.2 Å². The fraction of sp³-hybridized carbons (Fsp3) is 0.500. The van der Waals surface area contributed by atoms with Gasteiger partial charge < -0.3 is 14.6 Å². The Kier molecular flexibility index (Phi) is 6.70. The Morgan fingerprint density at radius 3 is 2.64 bits per heavy atom. The Morgan fingerprint density at radius 2 is 2.21 bits per heavy atom. The number of hydrogen-bond acceptors (Lipinski definition) is 4. The van der Waals surface area contributed by atoms with E-state index in [9.17, 15) is 9.90 Å². The molecule has 0 amide bonds. The van der Waals surface area contributed by atoms with Crippen LogP contribution in [-0.4, -0.2) is 36.5 Å². The van der Waals surface area contributed by atoms with Crippen LogP contribution in [0, 0.1) is 0 Å². The summed E-state index contributed by atoms with van der Waals surface area (Å²) in [6.07, 6.45) is 0.631. The number of rotatable bonds is 7. The van der Waals surface area contributed by atoms with Gasteiger partial charge in [0.2, 0.25) is 0 Å². The van der Waals surface area contributed by atoms with Gasteiger partial charge in [-0.15, -0.1) is 13.2 Å². The normalized spacial score (nSPS) is 14.1. The van der Waals surface area contributed by atoms with Crippen LogP contribution >= 0.6 is 0 Å². The Balaban J connectivity index is 4.28. The van der Waals surface area contributed by atoms with Gasteiger partial charge in [-0.2, -0.15) is 0 Å². The highest BCUT2D eigenvalue weighted by atomic mass is 16.6. The maximum atomic E-state index is 11.3. The average molecular weight is 200 g/mol. The third-order valence-electron chi connectivity index (χ3n) is 1.46. The summed E-state index contributed by atoms with van der Waals surface area (Å²) < 4.78 is 9.76. The highest BCUT2D eigenvalue weighted by molar-refractivity contribution is 5.75. The highest BCUT2D eigenvalue weighted by Gasteiger charge is 2.26. The predicted octanol–water partition coefficient (Wildman–Crippen LogP) is 0.668. The molecule has 0 aromatic carbocycles. The zero-order valence-corrected chi connectivity index (χ0v) is 8.31. The minimum Gasteiger partial charge on any atom is -0.464 e. The molecule has 2 atom stereocenters. The summed E-state index contributed by atoms with van der Waals surface area (Å²) in [5.41, 5.74) is 0. The summed E-state index contributed by atoms with van der Waals surface area (Å²) in [6.45, 7) is 8.91. The SMILES string of the molecule is C=CCO[C@H](C(=O)OCC)[C@H](O)C=C. The molecule has 0 radical (unpaired) electrons. The summed E-state index contributed by atoms with van der Waals surface area (Å²) in [5, 5.41) is 9.36. The van der Waals surface area contributed by atoms with Gasteiger partial charge in [0, 0.05) is 0 Å². The molecule has 0 bridgehead atoms. The van der Waals surface area contributed by atoms with E-state index in [4.69, 9.17) is 9.47 Å². The number of aliphatic hydroxyl groups excluding tert-OH is 1. The van der Waals surface area contributed by atoms with Gasteiger partial charge in [0.25, 0.3) is 0 Å². The Morgan fingerprint density at radius 1 is 1.57 bits per heavy atom. The van der Waals surface area contributed by atoms with E-state index in [0.29, 0.717) is 0 Å². The lowest BCUT2D eigenvalue weighted by molar-refractivity contribution is -0.161. The zero-order chi connectivity index (χ0) is 11.0. The lowest BCUT2D eigenvalue weighted by atomic mass is 10.2. The number of carbonyl (C=O) groups is 1. The molecule has 0 spiro atoms. The van der Waals surface area contributed by atoms with E-state index >= 15 is 0 Å². The lowest BCUT2D eigenvalue weighted by Gasteiger charge is -2.18. The molecule has 80 valence electrons. The van der Waals surface area contributed by atoms with Crippen LogP contribution in [0.1, 0.15) is 6.92 Å². The molecule has 0 aliphatic rings. The van der Waals surface area contributed by atoms with Crippen molar-refractivity contribution in [1.82, 2.24) is 0 Å². The minimum absolute atomic E-state index is 0.175. The van der Waals surface area contributed by atoms with Gasteiger partial charge in [-0.05, 0) is 6.92 Å². The van der Waals surface area contributed by atoms with Crippen LogP contribution in [0.5, 0.6) is 0 Å². The molecule has 4 nitrogen and oxygen atoms in total. The van der Waals surface area contributed by atoms with Crippen LogP contribution in [0.4, 0.5) is 0 Å². The van der Waals surface area contributed by atoms with E-state index < -0.39 is 18.2 Å². The second kappa shape index (κ2) is 7.29. The van der Waals surface area contributed by atoms with Crippen molar-refractivity contribution < 1.29 is 19.4 Å². The molecular formula is C10H16O4. The molecule has 1 N–H and O–H groups in total. The quantitative estimate of drug-likeness (QED) is 0.484. The Labute approximate surface area is 83.8 Å². The average Bonchev–Trinajstić information content (AvgIpc) is 2.18. The summed E-state index contributed by atoms with van der Waals surface area (Å²) >= 11 is 0. The fourth-order valence-electron chi connectivity index (χ4n) is 0.826. The Hall–Kier alpha value is -1.13. The first-order valence-electron chi connectivity index (χ1n) is 4.37. The smallest absolute Gasteiger partial charge is 0.338 e. The molecule has 0 saturated heterocycles. The summed E-state index contributed by atoms with van der Waals surface area (Å²) in [5.74, 6) is -0.596. The second-order valence-electron chi connectivity index (χ2n) is 2.52. The van der Waals surface area contributed by atoms with Crippen LogP contribution in [0.15, 0.2) is 25.3 Å². The van der Waals surface area contributed by atoms with E-state index in [-0.39, 0.29) is 13.2 Å². The molecule has 14 heavy (non-hydrogen) atoms. The van der Waals surface area contributed by atoms with Gasteiger partial charge >= 0.3 is 5.97 Å². The molecule has 0 fully saturated rings. The van der Waals surface area contributed by atoms with E-state index in [0.717, 1.165) is 0 Å². The zero-order valence-electron chi connectivity index (χ0n) is 8.31. The van der Waals surface area contributed by atoms with E-state index in [2.05, 4.69) is 13.2 Å². The highest BCUT2D eigenvalue weighted by Crippen LogP contribution is 2.04. The van der Waals surface area contributed by atoms with Crippen LogP contribution in [0.2, 0.25) is 0 Å². The number of ether oxygens (including phenoxy) is 2. The minimum atomic E-state index is -1.06. The maximum absolute atomic E-state index is 11.3. The van der Waals surface area contributed by atoms with Gasteiger partial charge in [-0.25, -0.2) is 4.79 Å². The first-order chi connectivity index (χ1) is 6.67. The van der Waals surface area contributed by atoms with E-state index in [1.165, 1.54) is 12.2 Å². The Bertz CT molecular complexity index is 200. The van der Waals surface area contributed by atoms with Crippen molar-refractivity contribution in [2.24, 2.45) is 0 Å². The summed E-state index contributed by atoms with van der Waals surface area (Å²) in [7, 11) is 0. The molecule has 0 aromatic rings. The van der Waals surface area contributed by atoms with Crippen LogP contribution in [0.25, 0.3) is 0 Å². The largest absolute Gasteiger partial charge is 0.464 e. The first-order valence-corrected chi connectivity index (χ1v) is 4.37. The number of esters is 1. The molecule has 0 rings (SSSR count). The van der Waals surface area contributed by atoms with Crippen LogP contribution in [-0.2, 0) is 14.3 Å². The first kappa shape index (κ1) is 12.9. The maximum Gasteiger partial charge on any atom is 0.338 e. The monoisotopic (exact) mass is 200 g/mol. The van der Waals surface area contributed by atoms with E-state index in [1.54, 1.807) is 6.92 Å². The van der Waals surface area contributed by atoms with Gasteiger partial charge in [-0.3, -0.25) is 0 Å². The summed E-state index contributed by atoms with van der Waals surface area (Å²) in [4.78, 5) is 11.3. The van der Waals surface area contributed by atoms with Gasteiger partial charge in [0.1, 0.15) is 6.10 Å². The van der Waals surface area contributed by atoms with Crippen molar-refractivity contribution in [3.05, 3.63) is 25.3 Å². The molecule has 4 heteroatoms. The van der Waals surface area contributed by atoms with E-state index in [1.807, 2.05) is 0 Å². The standard InChI is InChI=1S/C10H16O4/c1-4-7-14-9(8(11)5-2)10(12)13-6-3/h4-5,8-9,11H,1-2,6-7H2,3H3/t8-,9+/m1/s1.